The second kappa shape index (κ2) is 13.3. The summed E-state index contributed by atoms with van der Waals surface area (Å²) in [5, 5.41) is 16.8. The van der Waals surface area contributed by atoms with Gasteiger partial charge < -0.3 is 20.5 Å². The van der Waals surface area contributed by atoms with Crippen molar-refractivity contribution in [2.45, 2.75) is 37.8 Å². The fourth-order valence-corrected chi connectivity index (χ4v) is 4.53. The number of amides is 3. The molecule has 0 aliphatic carbocycles. The van der Waals surface area contributed by atoms with Crippen LogP contribution >= 0.6 is 11.6 Å². The number of hydrogen-bond acceptors (Lipinski definition) is 6. The Morgan fingerprint density at radius 1 is 1.19 bits per heavy atom. The first kappa shape index (κ1) is 30.9. The Morgan fingerprint density at radius 2 is 1.86 bits per heavy atom. The first-order valence-corrected chi connectivity index (χ1v) is 13.4. The highest BCUT2D eigenvalue weighted by molar-refractivity contribution is 6.30. The number of nitrogens with two attached hydrogens (primary N) is 1. The van der Waals surface area contributed by atoms with Gasteiger partial charge in [0.05, 0.1) is 17.4 Å². The summed E-state index contributed by atoms with van der Waals surface area (Å²) in [5.41, 5.74) is 7.13. The fourth-order valence-electron chi connectivity index (χ4n) is 4.41. The number of hydrogen-bond donors (Lipinski definition) is 3. The molecule has 3 amide bonds. The van der Waals surface area contributed by atoms with Crippen molar-refractivity contribution < 1.29 is 37.2 Å². The van der Waals surface area contributed by atoms with Crippen molar-refractivity contribution in [1.29, 1.82) is 0 Å². The second-order valence-electron chi connectivity index (χ2n) is 9.57. The maximum Gasteiger partial charge on any atom is 0.436 e. The summed E-state index contributed by atoms with van der Waals surface area (Å²) in [5.74, 6) is -0.376. The third-order valence-electron chi connectivity index (χ3n) is 6.79. The number of urea groups is 1. The molecule has 15 heteroatoms. The highest BCUT2D eigenvalue weighted by atomic mass is 35.5. The van der Waals surface area contributed by atoms with Crippen LogP contribution in [0.5, 0.6) is 0 Å². The minimum atomic E-state index is -4.98. The van der Waals surface area contributed by atoms with Crippen molar-refractivity contribution in [2.75, 3.05) is 26.7 Å². The van der Waals surface area contributed by atoms with Crippen LogP contribution in [-0.4, -0.2) is 92.2 Å². The van der Waals surface area contributed by atoms with Crippen LogP contribution in [0.25, 0.3) is 5.69 Å². The number of aliphatic hydroxyl groups is 1. The third-order valence-corrected chi connectivity index (χ3v) is 7.04. The molecular weight excluding hydrogens is 579 g/mol. The van der Waals surface area contributed by atoms with E-state index in [1.807, 2.05) is 0 Å². The predicted molar refractivity (Wildman–Crippen MR) is 146 cm³/mol. The molecule has 2 aromatic carbocycles. The van der Waals surface area contributed by atoms with Gasteiger partial charge in [0.2, 0.25) is 5.84 Å². The number of nitrogens with zero attached hydrogens (tertiary/aromatic N) is 5. The van der Waals surface area contributed by atoms with E-state index >= 15 is 0 Å². The van der Waals surface area contributed by atoms with E-state index in [0.717, 1.165) is 12.8 Å². The average molecular weight is 609 g/mol. The third kappa shape index (κ3) is 7.43. The van der Waals surface area contributed by atoms with Crippen LogP contribution in [0.15, 0.2) is 54.9 Å². The van der Waals surface area contributed by atoms with Crippen molar-refractivity contribution >= 4 is 29.4 Å². The lowest BCUT2D eigenvalue weighted by molar-refractivity contribution is -0.455. The van der Waals surface area contributed by atoms with E-state index in [4.69, 9.17) is 22.1 Å². The topological polar surface area (TPSA) is 139 Å². The summed E-state index contributed by atoms with van der Waals surface area (Å²) in [6.45, 7) is -0.326. The van der Waals surface area contributed by atoms with E-state index in [1.54, 1.807) is 36.3 Å². The minimum Gasteiger partial charge on any atom is -0.381 e. The van der Waals surface area contributed by atoms with Crippen LogP contribution in [0, 0.1) is 0 Å². The van der Waals surface area contributed by atoms with Gasteiger partial charge in [-0.25, -0.2) is 14.5 Å². The molecular formula is C27H30ClF3N7O4+. The molecule has 0 spiro atoms. The van der Waals surface area contributed by atoms with E-state index in [-0.39, 0.29) is 35.8 Å². The average Bonchev–Trinajstić information content (AvgIpc) is 3.46. The summed E-state index contributed by atoms with van der Waals surface area (Å²) in [6.07, 6.45) is -4.89. The number of rotatable bonds is 8. The summed E-state index contributed by atoms with van der Waals surface area (Å²) in [7, 11) is 1.65. The maximum absolute atomic E-state index is 13.3. The van der Waals surface area contributed by atoms with Crippen LogP contribution in [0.4, 0.5) is 18.0 Å². The van der Waals surface area contributed by atoms with Crippen LogP contribution in [0.2, 0.25) is 5.02 Å². The predicted octanol–water partition coefficient (Wildman–Crippen LogP) is 2.72. The van der Waals surface area contributed by atoms with E-state index in [9.17, 15) is 27.9 Å². The fraction of sp³-hybridized carbons (Fsp3) is 0.370. The molecule has 0 bridgehead atoms. The highest BCUT2D eigenvalue weighted by Gasteiger charge is 2.41. The number of ether oxygens (including phenoxy) is 1. The van der Waals surface area contributed by atoms with Gasteiger partial charge in [0.25, 0.3) is 5.91 Å². The Hall–Kier alpha value is -4.01. The maximum atomic E-state index is 13.3. The number of piperidine rings is 1. The zero-order valence-electron chi connectivity index (χ0n) is 22.6. The van der Waals surface area contributed by atoms with Crippen molar-refractivity contribution in [2.24, 2.45) is 5.73 Å². The highest BCUT2D eigenvalue weighted by Crippen LogP contribution is 2.21. The van der Waals surface area contributed by atoms with Gasteiger partial charge in [0.1, 0.15) is 19.4 Å². The Balaban J connectivity index is 1.50. The lowest BCUT2D eigenvalue weighted by Gasteiger charge is -2.31. The first-order valence-electron chi connectivity index (χ1n) is 13.0. The number of aliphatic hydroxyl groups excluding tert-OH is 1. The van der Waals surface area contributed by atoms with Gasteiger partial charge in [-0.3, -0.25) is 10.1 Å². The van der Waals surface area contributed by atoms with Crippen LogP contribution in [0.3, 0.4) is 0 Å². The number of aromatic nitrogens is 3. The van der Waals surface area contributed by atoms with Crippen molar-refractivity contribution in [1.82, 2.24) is 25.0 Å². The van der Waals surface area contributed by atoms with Gasteiger partial charge >= 0.3 is 12.2 Å². The molecule has 1 atom stereocenters. The number of carbonyl (C=O) groups excluding carboxylic acids is 2. The number of halogens is 4. The molecule has 0 saturated carbocycles. The van der Waals surface area contributed by atoms with Crippen molar-refractivity contribution in [3.05, 3.63) is 76.8 Å². The molecule has 224 valence electrons. The molecule has 0 unspecified atom stereocenters. The molecule has 11 nitrogen and oxygen atoms in total. The van der Waals surface area contributed by atoms with Gasteiger partial charge in [0.15, 0.2) is 11.9 Å². The molecule has 0 radical (unpaired) electrons. The van der Waals surface area contributed by atoms with Crippen LogP contribution in [-0.2, 0) is 11.3 Å². The summed E-state index contributed by atoms with van der Waals surface area (Å²) >= 11 is 5.87. The van der Waals surface area contributed by atoms with Gasteiger partial charge in [-0.15, -0.1) is 5.10 Å². The van der Waals surface area contributed by atoms with Crippen molar-refractivity contribution in [3.63, 3.8) is 0 Å². The van der Waals surface area contributed by atoms with Crippen LogP contribution < -0.4 is 11.1 Å². The minimum absolute atomic E-state index is 0.115. The van der Waals surface area contributed by atoms with E-state index < -0.39 is 24.9 Å². The monoisotopic (exact) mass is 608 g/mol. The number of amidine groups is 1. The summed E-state index contributed by atoms with van der Waals surface area (Å²) < 4.78 is 46.7. The molecule has 1 aliphatic rings. The van der Waals surface area contributed by atoms with Crippen LogP contribution in [0.1, 0.15) is 34.6 Å². The number of alkyl halides is 3. The van der Waals surface area contributed by atoms with E-state index in [0.29, 0.717) is 33.9 Å². The standard InChI is InChI=1S/C27H29ClF3N7O4/c1-42-19-10-12-36(13-11-19)25(40)20-4-2-3-5-21(20)38-16-34-23(35-38)14-33-26(41)37(15-22(39)27(29,30)31)24(32)17-6-8-18(28)9-7-17/h2-9,16,19,22,32,39H,10-15H2,1H3,(H,33,41)/p+1/t22-/m0/s1. The van der Waals surface area contributed by atoms with Gasteiger partial charge in [0, 0.05) is 30.8 Å². The number of para-hydroxylation sites is 1. The quantitative estimate of drug-likeness (QED) is 0.203. The van der Waals surface area contributed by atoms with Crippen molar-refractivity contribution in [3.8, 4) is 5.69 Å². The van der Waals surface area contributed by atoms with E-state index in [2.05, 4.69) is 15.4 Å². The lowest BCUT2D eigenvalue weighted by Crippen LogP contribution is -2.47. The SMILES string of the molecule is COC1CCN(C(=O)c2ccccc2-n2cnc(CNC(=O)/[N+](C[C@H](O)C(F)(F)F)=C(\N)c3ccc(Cl)cc3)n2)CC1. The zero-order valence-corrected chi connectivity index (χ0v) is 23.3. The van der Waals surface area contributed by atoms with Gasteiger partial charge in [-0.1, -0.05) is 23.7 Å². The Labute approximate surface area is 244 Å². The second-order valence-corrected chi connectivity index (χ2v) is 10.0. The number of benzene rings is 2. The molecule has 1 saturated heterocycles. The first-order chi connectivity index (χ1) is 20.0. The van der Waals surface area contributed by atoms with E-state index in [1.165, 1.54) is 35.3 Å². The molecule has 1 fully saturated rings. The Kier molecular flexibility index (Phi) is 9.81. The zero-order chi connectivity index (χ0) is 30.4. The Morgan fingerprint density at radius 3 is 2.50 bits per heavy atom. The van der Waals surface area contributed by atoms with Gasteiger partial charge in [-0.05, 0) is 49.2 Å². The smallest absolute Gasteiger partial charge is 0.381 e. The van der Waals surface area contributed by atoms with Gasteiger partial charge in [-0.2, -0.15) is 17.7 Å². The normalized spacial score (nSPS) is 15.7. The molecule has 4 N–H and O–H groups in total. The largest absolute Gasteiger partial charge is 0.436 e. The molecule has 42 heavy (non-hydrogen) atoms. The summed E-state index contributed by atoms with van der Waals surface area (Å²) in [6, 6.07) is 11.6. The molecule has 4 rings (SSSR count). The Bertz CT molecular complexity index is 1440. The molecule has 2 heterocycles. The molecule has 1 aromatic heterocycles. The summed E-state index contributed by atoms with van der Waals surface area (Å²) in [4.78, 5) is 32.2. The number of likely N-dealkylation sites (tertiary alicyclic amines) is 1. The number of carbonyl (C=O) groups is 2. The lowest BCUT2D eigenvalue weighted by atomic mass is 10.1. The molecule has 3 aromatic rings. The number of methoxy groups -OCH3 is 1. The number of nitrogens with one attached hydrogen (secondary N) is 1. The molecule has 1 aliphatic heterocycles.